The van der Waals surface area contributed by atoms with E-state index in [4.69, 9.17) is 14.6 Å². The molecular formula is C12H13FN2O4. The maximum Gasteiger partial charge on any atom is 0.278 e. The third-order valence-electron chi connectivity index (χ3n) is 2.65. The van der Waals surface area contributed by atoms with Gasteiger partial charge in [0, 0.05) is 5.56 Å². The van der Waals surface area contributed by atoms with Gasteiger partial charge in [-0.15, -0.1) is 0 Å². The van der Waals surface area contributed by atoms with Crippen LogP contribution >= 0.6 is 0 Å². The fourth-order valence-corrected chi connectivity index (χ4v) is 1.76. The van der Waals surface area contributed by atoms with E-state index in [0.29, 0.717) is 5.52 Å². The predicted octanol–water partition coefficient (Wildman–Crippen LogP) is 0.812. The molecule has 1 aromatic heterocycles. The maximum absolute atomic E-state index is 13.8. The zero-order chi connectivity index (χ0) is 14.0. The van der Waals surface area contributed by atoms with Crippen molar-refractivity contribution in [3.05, 3.63) is 23.5 Å². The van der Waals surface area contributed by atoms with E-state index in [9.17, 15) is 9.50 Å². The monoisotopic (exact) mass is 268 g/mol. The van der Waals surface area contributed by atoms with Crippen LogP contribution < -0.4 is 9.47 Å². The van der Waals surface area contributed by atoms with E-state index < -0.39 is 18.5 Å². The van der Waals surface area contributed by atoms with Gasteiger partial charge in [-0.05, 0) is 12.1 Å². The Hall–Kier alpha value is -1.99. The molecule has 2 aromatic rings. The number of aliphatic hydroxyl groups is 2. The lowest BCUT2D eigenvalue weighted by molar-refractivity contribution is 0.0936. The Morgan fingerprint density at radius 3 is 2.42 bits per heavy atom. The van der Waals surface area contributed by atoms with E-state index >= 15 is 0 Å². The molecule has 6 nitrogen and oxygen atoms in total. The number of aliphatic hydroxyl groups excluding tert-OH is 2. The molecule has 1 unspecified atom stereocenters. The number of ether oxygens (including phenoxy) is 2. The molecule has 102 valence electrons. The van der Waals surface area contributed by atoms with Gasteiger partial charge >= 0.3 is 0 Å². The second-order valence-corrected chi connectivity index (χ2v) is 3.77. The number of fused-ring (bicyclic) bond motifs is 1. The minimum atomic E-state index is -1.38. The van der Waals surface area contributed by atoms with Crippen LogP contribution in [0.4, 0.5) is 4.39 Å². The third kappa shape index (κ3) is 2.29. The van der Waals surface area contributed by atoms with Crippen LogP contribution in [-0.2, 0) is 0 Å². The van der Waals surface area contributed by atoms with Crippen LogP contribution in [0.25, 0.3) is 11.0 Å². The van der Waals surface area contributed by atoms with Gasteiger partial charge in [0.2, 0.25) is 0 Å². The van der Waals surface area contributed by atoms with Crippen LogP contribution in [0, 0.1) is 5.82 Å². The van der Waals surface area contributed by atoms with Crippen LogP contribution in [0.5, 0.6) is 11.8 Å². The molecule has 0 aliphatic carbocycles. The highest BCUT2D eigenvalue weighted by Gasteiger charge is 2.20. The largest absolute Gasteiger partial charge is 0.477 e. The molecule has 0 saturated carbocycles. The standard InChI is InChI=1S/C12H13FN2O4/c1-18-11-12(19-2)15-10-7(14-11)4-3-6(13)9(10)8(17)5-16/h3-4,8,16-17H,5H2,1-2H3. The molecule has 1 atom stereocenters. The van der Waals surface area contributed by atoms with E-state index in [1.807, 2.05) is 0 Å². The molecule has 7 heteroatoms. The molecule has 0 amide bonds. The molecule has 1 heterocycles. The minimum Gasteiger partial charge on any atom is -0.477 e. The van der Waals surface area contributed by atoms with Gasteiger partial charge in [-0.1, -0.05) is 0 Å². The topological polar surface area (TPSA) is 84.7 Å². The van der Waals surface area contributed by atoms with Crippen molar-refractivity contribution in [1.29, 1.82) is 0 Å². The van der Waals surface area contributed by atoms with E-state index in [-0.39, 0.29) is 22.8 Å². The molecule has 0 aliphatic heterocycles. The molecule has 19 heavy (non-hydrogen) atoms. The third-order valence-corrected chi connectivity index (χ3v) is 2.65. The molecule has 1 aromatic carbocycles. The first-order chi connectivity index (χ1) is 9.12. The Kier molecular flexibility index (Phi) is 3.77. The zero-order valence-electron chi connectivity index (χ0n) is 10.4. The first-order valence-electron chi connectivity index (χ1n) is 5.49. The van der Waals surface area contributed by atoms with Crippen LogP contribution in [0.2, 0.25) is 0 Å². The quantitative estimate of drug-likeness (QED) is 0.853. The number of aromatic nitrogens is 2. The van der Waals surface area contributed by atoms with Gasteiger partial charge < -0.3 is 19.7 Å². The second kappa shape index (κ2) is 5.33. The molecule has 0 saturated heterocycles. The molecule has 2 N–H and O–H groups in total. The van der Waals surface area contributed by atoms with Crippen molar-refractivity contribution < 1.29 is 24.1 Å². The molecule has 0 fully saturated rings. The average Bonchev–Trinajstić information content (AvgIpc) is 2.44. The van der Waals surface area contributed by atoms with Crippen molar-refractivity contribution in [3.63, 3.8) is 0 Å². The fraction of sp³-hybridized carbons (Fsp3) is 0.333. The summed E-state index contributed by atoms with van der Waals surface area (Å²) in [6.45, 7) is -0.619. The summed E-state index contributed by atoms with van der Waals surface area (Å²) in [6, 6.07) is 2.56. The smallest absolute Gasteiger partial charge is 0.278 e. The number of halogens is 1. The Bertz CT molecular complexity index is 606. The first-order valence-corrected chi connectivity index (χ1v) is 5.49. The summed E-state index contributed by atoms with van der Waals surface area (Å²) in [5, 5.41) is 18.6. The van der Waals surface area contributed by atoms with Crippen molar-refractivity contribution in [2.75, 3.05) is 20.8 Å². The summed E-state index contributed by atoms with van der Waals surface area (Å²) in [4.78, 5) is 8.19. The average molecular weight is 268 g/mol. The van der Waals surface area contributed by atoms with Crippen molar-refractivity contribution >= 4 is 11.0 Å². The Morgan fingerprint density at radius 1 is 1.21 bits per heavy atom. The Labute approximate surface area is 108 Å². The van der Waals surface area contributed by atoms with E-state index in [0.717, 1.165) is 6.07 Å². The van der Waals surface area contributed by atoms with Gasteiger partial charge in [0.05, 0.1) is 26.3 Å². The molecule has 0 spiro atoms. The fourth-order valence-electron chi connectivity index (χ4n) is 1.76. The van der Waals surface area contributed by atoms with Crippen LogP contribution in [0.1, 0.15) is 11.7 Å². The van der Waals surface area contributed by atoms with Crippen LogP contribution in [0.3, 0.4) is 0 Å². The highest BCUT2D eigenvalue weighted by molar-refractivity contribution is 5.80. The van der Waals surface area contributed by atoms with Gasteiger partial charge in [0.15, 0.2) is 0 Å². The predicted molar refractivity (Wildman–Crippen MR) is 64.6 cm³/mol. The highest BCUT2D eigenvalue weighted by Crippen LogP contribution is 2.30. The Morgan fingerprint density at radius 2 is 1.84 bits per heavy atom. The SMILES string of the molecule is COc1nc2ccc(F)c(C(O)CO)c2nc1OC. The number of benzene rings is 1. The summed E-state index contributed by atoms with van der Waals surface area (Å²) in [7, 11) is 2.78. The van der Waals surface area contributed by atoms with Crippen LogP contribution in [0.15, 0.2) is 12.1 Å². The molecule has 0 aliphatic rings. The van der Waals surface area contributed by atoms with Crippen molar-refractivity contribution in [2.24, 2.45) is 0 Å². The maximum atomic E-state index is 13.8. The van der Waals surface area contributed by atoms with Gasteiger partial charge in [-0.25, -0.2) is 14.4 Å². The van der Waals surface area contributed by atoms with Gasteiger partial charge in [0.25, 0.3) is 11.8 Å². The van der Waals surface area contributed by atoms with Crippen molar-refractivity contribution in [1.82, 2.24) is 9.97 Å². The Balaban J connectivity index is 2.77. The lowest BCUT2D eigenvalue weighted by atomic mass is 10.1. The zero-order valence-corrected chi connectivity index (χ0v) is 10.4. The normalized spacial score (nSPS) is 12.5. The summed E-state index contributed by atoms with van der Waals surface area (Å²) < 4.78 is 23.7. The van der Waals surface area contributed by atoms with E-state index in [1.54, 1.807) is 0 Å². The van der Waals surface area contributed by atoms with E-state index in [2.05, 4.69) is 9.97 Å². The summed E-state index contributed by atoms with van der Waals surface area (Å²) >= 11 is 0. The van der Waals surface area contributed by atoms with Gasteiger partial charge in [-0.3, -0.25) is 0 Å². The number of hydrogen-bond acceptors (Lipinski definition) is 6. The number of hydrogen-bond donors (Lipinski definition) is 2. The van der Waals surface area contributed by atoms with Gasteiger partial charge in [-0.2, -0.15) is 0 Å². The molecule has 0 radical (unpaired) electrons. The summed E-state index contributed by atoms with van der Waals surface area (Å²) in [6.07, 6.45) is -1.38. The summed E-state index contributed by atoms with van der Waals surface area (Å²) in [5.74, 6) is -0.436. The lowest BCUT2D eigenvalue weighted by Gasteiger charge is -2.13. The number of nitrogens with zero attached hydrogens (tertiary/aromatic N) is 2. The second-order valence-electron chi connectivity index (χ2n) is 3.77. The lowest BCUT2D eigenvalue weighted by Crippen LogP contribution is -2.08. The summed E-state index contributed by atoms with van der Waals surface area (Å²) in [5.41, 5.74) is 0.342. The van der Waals surface area contributed by atoms with Crippen molar-refractivity contribution in [2.45, 2.75) is 6.10 Å². The highest BCUT2D eigenvalue weighted by atomic mass is 19.1. The molecule has 0 bridgehead atoms. The van der Waals surface area contributed by atoms with Gasteiger partial charge in [0.1, 0.15) is 17.4 Å². The van der Waals surface area contributed by atoms with E-state index in [1.165, 1.54) is 20.3 Å². The minimum absolute atomic E-state index is 0.0759. The number of methoxy groups -OCH3 is 2. The van der Waals surface area contributed by atoms with Crippen LogP contribution in [-0.4, -0.2) is 41.0 Å². The first kappa shape index (κ1) is 13.4. The molecular weight excluding hydrogens is 255 g/mol. The molecule has 2 rings (SSSR count). The number of rotatable bonds is 4. The van der Waals surface area contributed by atoms with Crippen molar-refractivity contribution in [3.8, 4) is 11.8 Å².